The van der Waals surface area contributed by atoms with Crippen molar-refractivity contribution in [2.75, 3.05) is 0 Å². The number of rotatable bonds is 2. The number of benzene rings is 3. The molecule has 0 saturated heterocycles. The standard InChI is InChI=1S/C17H12O4/c18-13-8-12(9-14(19)10-13)17(20)21-16-7-3-5-11-4-1-2-6-15(11)16/h1-10,18-19H. The van der Waals surface area contributed by atoms with Gasteiger partial charge in [-0.15, -0.1) is 0 Å². The summed E-state index contributed by atoms with van der Waals surface area (Å²) in [6.07, 6.45) is 0. The van der Waals surface area contributed by atoms with Gasteiger partial charge in [0.25, 0.3) is 0 Å². The maximum atomic E-state index is 12.1. The van der Waals surface area contributed by atoms with Gasteiger partial charge in [-0.25, -0.2) is 4.79 Å². The molecule has 0 bridgehead atoms. The van der Waals surface area contributed by atoms with Crippen LogP contribution in [0.1, 0.15) is 10.4 Å². The molecule has 0 saturated carbocycles. The number of hydrogen-bond acceptors (Lipinski definition) is 4. The van der Waals surface area contributed by atoms with Crippen molar-refractivity contribution in [2.24, 2.45) is 0 Å². The van der Waals surface area contributed by atoms with Gasteiger partial charge in [-0.1, -0.05) is 36.4 Å². The van der Waals surface area contributed by atoms with E-state index in [1.807, 2.05) is 30.3 Å². The maximum absolute atomic E-state index is 12.1. The number of phenolic OH excluding ortho intramolecular Hbond substituents is 2. The Morgan fingerprint density at radius 1 is 0.857 bits per heavy atom. The number of esters is 1. The first-order valence-electron chi connectivity index (χ1n) is 6.36. The average Bonchev–Trinajstić information content (AvgIpc) is 2.46. The normalized spacial score (nSPS) is 10.5. The zero-order valence-corrected chi connectivity index (χ0v) is 11.0. The second kappa shape index (κ2) is 5.17. The first-order valence-corrected chi connectivity index (χ1v) is 6.36. The molecule has 0 fully saturated rings. The average molecular weight is 280 g/mol. The minimum Gasteiger partial charge on any atom is -0.508 e. The highest BCUT2D eigenvalue weighted by Crippen LogP contribution is 2.27. The van der Waals surface area contributed by atoms with E-state index in [4.69, 9.17) is 4.74 Å². The van der Waals surface area contributed by atoms with Crippen molar-refractivity contribution < 1.29 is 19.7 Å². The summed E-state index contributed by atoms with van der Waals surface area (Å²) in [5.74, 6) is -0.599. The van der Waals surface area contributed by atoms with E-state index in [2.05, 4.69) is 0 Å². The molecule has 0 heterocycles. The lowest BCUT2D eigenvalue weighted by molar-refractivity contribution is 0.0736. The molecule has 3 aromatic rings. The van der Waals surface area contributed by atoms with Crippen molar-refractivity contribution in [3.05, 3.63) is 66.2 Å². The Balaban J connectivity index is 1.96. The van der Waals surface area contributed by atoms with E-state index in [1.54, 1.807) is 12.1 Å². The van der Waals surface area contributed by atoms with Gasteiger partial charge in [0, 0.05) is 11.5 Å². The fourth-order valence-corrected chi connectivity index (χ4v) is 2.16. The second-order valence-electron chi connectivity index (χ2n) is 4.60. The van der Waals surface area contributed by atoms with Crippen LogP contribution in [0.5, 0.6) is 17.2 Å². The molecule has 2 N–H and O–H groups in total. The first kappa shape index (κ1) is 13.0. The fourth-order valence-electron chi connectivity index (χ4n) is 2.16. The molecule has 0 atom stereocenters. The third-order valence-electron chi connectivity index (χ3n) is 3.09. The van der Waals surface area contributed by atoms with Gasteiger partial charge in [0.05, 0.1) is 5.56 Å². The van der Waals surface area contributed by atoms with Crippen molar-refractivity contribution in [2.45, 2.75) is 0 Å². The molecule has 4 nitrogen and oxygen atoms in total. The minimum atomic E-state index is -0.641. The van der Waals surface area contributed by atoms with E-state index in [-0.39, 0.29) is 17.1 Å². The molecule has 0 spiro atoms. The number of fused-ring (bicyclic) bond motifs is 1. The Kier molecular flexibility index (Phi) is 3.20. The largest absolute Gasteiger partial charge is 0.508 e. The molecular formula is C17H12O4. The molecule has 0 aliphatic carbocycles. The smallest absolute Gasteiger partial charge is 0.343 e. The van der Waals surface area contributed by atoms with Crippen molar-refractivity contribution in [3.8, 4) is 17.2 Å². The number of ether oxygens (including phenoxy) is 1. The summed E-state index contributed by atoms with van der Waals surface area (Å²) in [5.41, 5.74) is 0.0837. The van der Waals surface area contributed by atoms with Crippen LogP contribution in [0.15, 0.2) is 60.7 Å². The van der Waals surface area contributed by atoms with Crippen LogP contribution in [0.2, 0.25) is 0 Å². The second-order valence-corrected chi connectivity index (χ2v) is 4.60. The van der Waals surface area contributed by atoms with Crippen LogP contribution < -0.4 is 4.74 Å². The van der Waals surface area contributed by atoms with E-state index in [1.165, 1.54) is 12.1 Å². The summed E-state index contributed by atoms with van der Waals surface area (Å²) < 4.78 is 5.36. The van der Waals surface area contributed by atoms with E-state index in [0.717, 1.165) is 16.8 Å². The SMILES string of the molecule is O=C(Oc1cccc2ccccc12)c1cc(O)cc(O)c1. The van der Waals surface area contributed by atoms with Crippen LogP contribution in [0, 0.1) is 0 Å². The maximum Gasteiger partial charge on any atom is 0.343 e. The highest BCUT2D eigenvalue weighted by atomic mass is 16.5. The highest BCUT2D eigenvalue weighted by molar-refractivity contribution is 5.96. The molecule has 4 heteroatoms. The molecule has 104 valence electrons. The number of carbonyl (C=O) groups is 1. The molecule has 3 aromatic carbocycles. The third kappa shape index (κ3) is 2.65. The zero-order valence-electron chi connectivity index (χ0n) is 11.0. The highest BCUT2D eigenvalue weighted by Gasteiger charge is 2.12. The number of phenols is 2. The predicted octanol–water partition coefficient (Wildman–Crippen LogP) is 3.47. The molecule has 0 radical (unpaired) electrons. The minimum absolute atomic E-state index is 0.0837. The van der Waals surface area contributed by atoms with Crippen LogP contribution in [-0.4, -0.2) is 16.2 Å². The summed E-state index contributed by atoms with van der Waals surface area (Å²) in [6.45, 7) is 0. The van der Waals surface area contributed by atoms with E-state index < -0.39 is 5.97 Å². The first-order chi connectivity index (χ1) is 10.1. The number of aromatic hydroxyl groups is 2. The third-order valence-corrected chi connectivity index (χ3v) is 3.09. The van der Waals surface area contributed by atoms with Gasteiger partial charge in [-0.3, -0.25) is 0 Å². The van der Waals surface area contributed by atoms with Crippen LogP contribution in [0.4, 0.5) is 0 Å². The van der Waals surface area contributed by atoms with Crippen molar-refractivity contribution in [1.82, 2.24) is 0 Å². The van der Waals surface area contributed by atoms with Gasteiger partial charge in [0.1, 0.15) is 17.2 Å². The van der Waals surface area contributed by atoms with Gasteiger partial charge in [-0.05, 0) is 23.6 Å². The lowest BCUT2D eigenvalue weighted by Gasteiger charge is -2.08. The van der Waals surface area contributed by atoms with Gasteiger partial charge in [0.15, 0.2) is 0 Å². The number of carbonyl (C=O) groups excluding carboxylic acids is 1. The summed E-state index contributed by atoms with van der Waals surface area (Å²) in [4.78, 5) is 12.1. The summed E-state index contributed by atoms with van der Waals surface area (Å²) >= 11 is 0. The number of hydrogen-bond donors (Lipinski definition) is 2. The predicted molar refractivity (Wildman–Crippen MR) is 78.7 cm³/mol. The van der Waals surface area contributed by atoms with Gasteiger partial charge < -0.3 is 14.9 Å². The molecule has 3 rings (SSSR count). The monoisotopic (exact) mass is 280 g/mol. The van der Waals surface area contributed by atoms with Gasteiger partial charge >= 0.3 is 5.97 Å². The van der Waals surface area contributed by atoms with Crippen LogP contribution >= 0.6 is 0 Å². The van der Waals surface area contributed by atoms with E-state index >= 15 is 0 Å². The topological polar surface area (TPSA) is 66.8 Å². The quantitative estimate of drug-likeness (QED) is 0.557. The fraction of sp³-hybridized carbons (Fsp3) is 0. The van der Waals surface area contributed by atoms with Gasteiger partial charge in [0.2, 0.25) is 0 Å². The van der Waals surface area contributed by atoms with Crippen molar-refractivity contribution in [1.29, 1.82) is 0 Å². The summed E-state index contributed by atoms with van der Waals surface area (Å²) in [5, 5.41) is 20.6. The Labute approximate surface area is 120 Å². The van der Waals surface area contributed by atoms with Crippen LogP contribution in [0.25, 0.3) is 10.8 Å². The summed E-state index contributed by atoms with van der Waals surface area (Å²) in [6, 6.07) is 16.6. The van der Waals surface area contributed by atoms with Crippen molar-refractivity contribution >= 4 is 16.7 Å². The summed E-state index contributed by atoms with van der Waals surface area (Å²) in [7, 11) is 0. The molecule has 21 heavy (non-hydrogen) atoms. The molecular weight excluding hydrogens is 268 g/mol. The molecule has 0 aliphatic heterocycles. The Morgan fingerprint density at radius 2 is 1.52 bits per heavy atom. The lowest BCUT2D eigenvalue weighted by Crippen LogP contribution is -2.08. The lowest BCUT2D eigenvalue weighted by atomic mass is 10.1. The van der Waals surface area contributed by atoms with Crippen LogP contribution in [0.3, 0.4) is 0 Å². The van der Waals surface area contributed by atoms with Gasteiger partial charge in [-0.2, -0.15) is 0 Å². The van der Waals surface area contributed by atoms with E-state index in [0.29, 0.717) is 5.75 Å². The molecule has 0 aliphatic rings. The molecule has 0 aromatic heterocycles. The van der Waals surface area contributed by atoms with Crippen LogP contribution in [-0.2, 0) is 0 Å². The molecule has 0 unspecified atom stereocenters. The van der Waals surface area contributed by atoms with E-state index in [9.17, 15) is 15.0 Å². The Hall–Kier alpha value is -3.01. The zero-order chi connectivity index (χ0) is 14.8. The van der Waals surface area contributed by atoms with Crippen molar-refractivity contribution in [3.63, 3.8) is 0 Å². The molecule has 0 amide bonds. The Bertz CT molecular complexity index is 798. The Morgan fingerprint density at radius 3 is 2.29 bits per heavy atom.